The first kappa shape index (κ1) is 11.1. The van der Waals surface area contributed by atoms with Gasteiger partial charge in [0, 0.05) is 0 Å². The molecule has 1 N–H and O–H groups in total. The van der Waals surface area contributed by atoms with Crippen molar-refractivity contribution >= 4 is 11.9 Å². The minimum absolute atomic E-state index is 0.215. The summed E-state index contributed by atoms with van der Waals surface area (Å²) >= 11 is 0. The number of carbonyl (C=O) groups is 1. The van der Waals surface area contributed by atoms with Gasteiger partial charge in [-0.2, -0.15) is 0 Å². The number of hydrogen-bond donors (Lipinski definition) is 1. The third kappa shape index (κ3) is 2.61. The number of phenols is 1. The molecule has 0 radical (unpaired) electrons. The van der Waals surface area contributed by atoms with Crippen LogP contribution in [0.2, 0.25) is 0 Å². The van der Waals surface area contributed by atoms with Gasteiger partial charge in [0.1, 0.15) is 12.0 Å². The second-order valence-electron chi connectivity index (χ2n) is 3.63. The average Bonchev–Trinajstić information content (AvgIpc) is 2.38. The Balaban J connectivity index is 2.47. The summed E-state index contributed by atoms with van der Waals surface area (Å²) in [5.74, 6) is 0.215. The van der Waals surface area contributed by atoms with Crippen LogP contribution in [0, 0.1) is 0 Å². The molecule has 0 aliphatic heterocycles. The van der Waals surface area contributed by atoms with E-state index in [0.717, 1.165) is 23.0 Å². The lowest BCUT2D eigenvalue weighted by molar-refractivity contribution is -0.104. The molecule has 0 bridgehead atoms. The number of phenolic OH excluding ortho intramolecular Hbond substituents is 1. The largest absolute Gasteiger partial charge is 0.508 e. The van der Waals surface area contributed by atoms with E-state index in [1.807, 2.05) is 30.3 Å². The number of allylic oxidation sites excluding steroid dienone is 1. The van der Waals surface area contributed by atoms with Crippen LogP contribution in [0.25, 0.3) is 5.57 Å². The van der Waals surface area contributed by atoms with Crippen molar-refractivity contribution in [2.45, 2.75) is 0 Å². The Labute approximate surface area is 99.8 Å². The first-order valence-corrected chi connectivity index (χ1v) is 5.31. The molecule has 2 heteroatoms. The van der Waals surface area contributed by atoms with Gasteiger partial charge in [-0.3, -0.25) is 4.79 Å². The zero-order valence-electron chi connectivity index (χ0n) is 9.21. The van der Waals surface area contributed by atoms with Crippen LogP contribution < -0.4 is 0 Å². The summed E-state index contributed by atoms with van der Waals surface area (Å²) in [6, 6.07) is 16.5. The fourth-order valence-electron chi connectivity index (χ4n) is 1.69. The molecule has 0 heterocycles. The van der Waals surface area contributed by atoms with E-state index in [1.54, 1.807) is 24.3 Å². The highest BCUT2D eigenvalue weighted by atomic mass is 16.3. The number of aromatic hydroxyl groups is 1. The molecule has 0 aromatic heterocycles. The summed E-state index contributed by atoms with van der Waals surface area (Å²) in [7, 11) is 0. The summed E-state index contributed by atoms with van der Waals surface area (Å²) < 4.78 is 0. The average molecular weight is 224 g/mol. The molecule has 0 unspecified atom stereocenters. The fourth-order valence-corrected chi connectivity index (χ4v) is 1.69. The summed E-state index contributed by atoms with van der Waals surface area (Å²) in [4.78, 5) is 10.7. The Kier molecular flexibility index (Phi) is 3.36. The fraction of sp³-hybridized carbons (Fsp3) is 0. The molecule has 84 valence electrons. The standard InChI is InChI=1S/C15H12O2/c16-11-10-15(12-4-2-1-3-5-12)13-6-8-14(17)9-7-13/h1-11,17H/b15-10-. The van der Waals surface area contributed by atoms with Crippen molar-refractivity contribution in [3.05, 3.63) is 71.8 Å². The van der Waals surface area contributed by atoms with Crippen LogP contribution in [-0.2, 0) is 4.79 Å². The van der Waals surface area contributed by atoms with E-state index < -0.39 is 0 Å². The van der Waals surface area contributed by atoms with Crippen molar-refractivity contribution in [3.8, 4) is 5.75 Å². The van der Waals surface area contributed by atoms with E-state index in [1.165, 1.54) is 6.08 Å². The Morgan fingerprint density at radius 1 is 0.882 bits per heavy atom. The van der Waals surface area contributed by atoms with Gasteiger partial charge in [0.2, 0.25) is 0 Å². The van der Waals surface area contributed by atoms with Gasteiger partial charge in [0.05, 0.1) is 0 Å². The van der Waals surface area contributed by atoms with Gasteiger partial charge in [0.15, 0.2) is 0 Å². The molecule has 0 aliphatic carbocycles. The summed E-state index contributed by atoms with van der Waals surface area (Å²) in [5.41, 5.74) is 2.73. The number of hydrogen-bond acceptors (Lipinski definition) is 2. The Bertz CT molecular complexity index is 525. The van der Waals surface area contributed by atoms with E-state index in [2.05, 4.69) is 0 Å². The van der Waals surface area contributed by atoms with Gasteiger partial charge in [-0.15, -0.1) is 0 Å². The molecule has 0 aliphatic rings. The second kappa shape index (κ2) is 5.12. The SMILES string of the molecule is O=C/C=C(/c1ccccc1)c1ccc(O)cc1. The second-order valence-corrected chi connectivity index (χ2v) is 3.63. The maximum Gasteiger partial charge on any atom is 0.143 e. The predicted octanol–water partition coefficient (Wildman–Crippen LogP) is 3.02. The van der Waals surface area contributed by atoms with Crippen LogP contribution in [-0.4, -0.2) is 11.4 Å². The Morgan fingerprint density at radius 2 is 1.47 bits per heavy atom. The molecule has 2 aromatic carbocycles. The van der Waals surface area contributed by atoms with Crippen molar-refractivity contribution in [2.24, 2.45) is 0 Å². The molecule has 17 heavy (non-hydrogen) atoms. The quantitative estimate of drug-likeness (QED) is 0.642. The molecule has 2 aromatic rings. The lowest BCUT2D eigenvalue weighted by Crippen LogP contribution is -1.88. The third-order valence-electron chi connectivity index (χ3n) is 2.50. The number of aldehydes is 1. The normalized spacial score (nSPS) is 11.2. The third-order valence-corrected chi connectivity index (χ3v) is 2.50. The number of rotatable bonds is 3. The molecule has 0 amide bonds. The maximum atomic E-state index is 10.7. The minimum Gasteiger partial charge on any atom is -0.508 e. The van der Waals surface area contributed by atoms with Crippen molar-refractivity contribution in [3.63, 3.8) is 0 Å². The van der Waals surface area contributed by atoms with Crippen LogP contribution in [0.3, 0.4) is 0 Å². The van der Waals surface area contributed by atoms with Gasteiger partial charge in [0.25, 0.3) is 0 Å². The van der Waals surface area contributed by atoms with Gasteiger partial charge in [-0.25, -0.2) is 0 Å². The zero-order chi connectivity index (χ0) is 12.1. The van der Waals surface area contributed by atoms with Crippen LogP contribution in [0.4, 0.5) is 0 Å². The molecule has 2 rings (SSSR count). The highest BCUT2D eigenvalue weighted by Gasteiger charge is 2.03. The molecule has 2 nitrogen and oxygen atoms in total. The Hall–Kier alpha value is -2.35. The van der Waals surface area contributed by atoms with E-state index >= 15 is 0 Å². The van der Waals surface area contributed by atoms with Crippen molar-refractivity contribution < 1.29 is 9.90 Å². The number of carbonyl (C=O) groups excluding carboxylic acids is 1. The predicted molar refractivity (Wildman–Crippen MR) is 67.7 cm³/mol. The van der Waals surface area contributed by atoms with Crippen LogP contribution in [0.5, 0.6) is 5.75 Å². The zero-order valence-corrected chi connectivity index (χ0v) is 9.21. The van der Waals surface area contributed by atoms with E-state index in [-0.39, 0.29) is 5.75 Å². The van der Waals surface area contributed by atoms with E-state index in [0.29, 0.717) is 0 Å². The molecule has 0 spiro atoms. The molecule has 0 fully saturated rings. The van der Waals surface area contributed by atoms with E-state index in [4.69, 9.17) is 0 Å². The van der Waals surface area contributed by atoms with Crippen LogP contribution in [0.1, 0.15) is 11.1 Å². The first-order chi connectivity index (χ1) is 8.31. The number of benzene rings is 2. The summed E-state index contributed by atoms with van der Waals surface area (Å²) in [6.07, 6.45) is 2.30. The molecule has 0 atom stereocenters. The van der Waals surface area contributed by atoms with E-state index in [9.17, 15) is 9.90 Å². The van der Waals surface area contributed by atoms with Crippen molar-refractivity contribution in [2.75, 3.05) is 0 Å². The van der Waals surface area contributed by atoms with Gasteiger partial charge in [-0.05, 0) is 34.9 Å². The minimum atomic E-state index is 0.215. The lowest BCUT2D eigenvalue weighted by Gasteiger charge is -2.07. The topological polar surface area (TPSA) is 37.3 Å². The molecular formula is C15H12O2. The monoisotopic (exact) mass is 224 g/mol. The highest BCUT2D eigenvalue weighted by Crippen LogP contribution is 2.24. The van der Waals surface area contributed by atoms with Crippen molar-refractivity contribution in [1.29, 1.82) is 0 Å². The summed E-state index contributed by atoms with van der Waals surface area (Å²) in [5, 5.41) is 9.25. The highest BCUT2D eigenvalue weighted by molar-refractivity contribution is 5.89. The van der Waals surface area contributed by atoms with Crippen LogP contribution in [0.15, 0.2) is 60.7 Å². The van der Waals surface area contributed by atoms with Crippen LogP contribution >= 0.6 is 0 Å². The Morgan fingerprint density at radius 3 is 2.06 bits per heavy atom. The summed E-state index contributed by atoms with van der Waals surface area (Å²) in [6.45, 7) is 0. The first-order valence-electron chi connectivity index (χ1n) is 5.31. The lowest BCUT2D eigenvalue weighted by atomic mass is 9.98. The molecular weight excluding hydrogens is 212 g/mol. The molecule has 0 saturated heterocycles. The van der Waals surface area contributed by atoms with Gasteiger partial charge < -0.3 is 5.11 Å². The maximum absolute atomic E-state index is 10.7. The molecule has 0 saturated carbocycles. The smallest absolute Gasteiger partial charge is 0.143 e. The van der Waals surface area contributed by atoms with Crippen molar-refractivity contribution in [1.82, 2.24) is 0 Å². The van der Waals surface area contributed by atoms with Gasteiger partial charge in [-0.1, -0.05) is 42.5 Å². The van der Waals surface area contributed by atoms with Gasteiger partial charge >= 0.3 is 0 Å².